The molecule has 3 atom stereocenters. The van der Waals surface area contributed by atoms with E-state index in [9.17, 15) is 4.39 Å². The van der Waals surface area contributed by atoms with Crippen molar-refractivity contribution in [2.24, 2.45) is 4.99 Å². The van der Waals surface area contributed by atoms with Crippen molar-refractivity contribution < 1.29 is 4.39 Å². The standard InChI is InChI=1S/C18H22FN3S.HI/c1-12(17-8-5-9-23-17)11-21-18(20-2)22-16-10-14(16)13-6-3-4-7-15(13)19;/h3-9,12,14,16H,10-11H2,1-2H3,(H2,20,21,22);1H. The van der Waals surface area contributed by atoms with E-state index in [-0.39, 0.29) is 41.8 Å². The van der Waals surface area contributed by atoms with E-state index in [4.69, 9.17) is 0 Å². The Hall–Kier alpha value is -1.15. The molecule has 1 heterocycles. The topological polar surface area (TPSA) is 36.4 Å². The van der Waals surface area contributed by atoms with E-state index in [1.165, 1.54) is 10.9 Å². The highest BCUT2D eigenvalue weighted by atomic mass is 127. The number of halogens is 2. The molecule has 3 nitrogen and oxygen atoms in total. The molecule has 0 bridgehead atoms. The second-order valence-corrected chi connectivity index (χ2v) is 6.96. The molecule has 0 saturated heterocycles. The molecule has 0 amide bonds. The van der Waals surface area contributed by atoms with Crippen LogP contribution in [0.15, 0.2) is 46.8 Å². The van der Waals surface area contributed by atoms with Crippen molar-refractivity contribution in [2.45, 2.75) is 31.2 Å². The van der Waals surface area contributed by atoms with Gasteiger partial charge in [0.25, 0.3) is 0 Å². The summed E-state index contributed by atoms with van der Waals surface area (Å²) in [6, 6.07) is 11.5. The summed E-state index contributed by atoms with van der Waals surface area (Å²) >= 11 is 1.77. The van der Waals surface area contributed by atoms with E-state index in [0.29, 0.717) is 5.92 Å². The molecule has 24 heavy (non-hydrogen) atoms. The van der Waals surface area contributed by atoms with Gasteiger partial charge in [0.15, 0.2) is 5.96 Å². The lowest BCUT2D eigenvalue weighted by Crippen LogP contribution is -2.40. The van der Waals surface area contributed by atoms with Gasteiger partial charge >= 0.3 is 0 Å². The van der Waals surface area contributed by atoms with Crippen molar-refractivity contribution in [3.8, 4) is 0 Å². The van der Waals surface area contributed by atoms with E-state index < -0.39 is 0 Å². The molecule has 2 N–H and O–H groups in total. The molecule has 0 radical (unpaired) electrons. The van der Waals surface area contributed by atoms with Gasteiger partial charge in [-0.05, 0) is 29.5 Å². The van der Waals surface area contributed by atoms with Crippen LogP contribution in [0, 0.1) is 5.82 Å². The maximum absolute atomic E-state index is 13.8. The van der Waals surface area contributed by atoms with Gasteiger partial charge in [0.1, 0.15) is 5.82 Å². The third-order valence-electron chi connectivity index (χ3n) is 4.25. The van der Waals surface area contributed by atoms with Crippen LogP contribution in [0.1, 0.15) is 35.6 Å². The average molecular weight is 459 g/mol. The third-order valence-corrected chi connectivity index (χ3v) is 5.35. The number of hydrogen-bond acceptors (Lipinski definition) is 2. The molecule has 1 saturated carbocycles. The number of rotatable bonds is 5. The molecule has 3 rings (SSSR count). The summed E-state index contributed by atoms with van der Waals surface area (Å²) < 4.78 is 13.8. The summed E-state index contributed by atoms with van der Waals surface area (Å²) in [6.07, 6.45) is 0.947. The van der Waals surface area contributed by atoms with Gasteiger partial charge in [0.05, 0.1) is 0 Å². The fourth-order valence-electron chi connectivity index (χ4n) is 2.77. The molecule has 0 spiro atoms. The molecule has 6 heteroatoms. The van der Waals surface area contributed by atoms with Crippen molar-refractivity contribution in [2.75, 3.05) is 13.6 Å². The van der Waals surface area contributed by atoms with Crippen LogP contribution in [-0.2, 0) is 0 Å². The first-order chi connectivity index (χ1) is 11.2. The third kappa shape index (κ3) is 4.69. The lowest BCUT2D eigenvalue weighted by atomic mass is 10.1. The van der Waals surface area contributed by atoms with Gasteiger partial charge in [-0.1, -0.05) is 31.2 Å². The van der Waals surface area contributed by atoms with Crippen molar-refractivity contribution in [3.63, 3.8) is 0 Å². The van der Waals surface area contributed by atoms with Gasteiger partial charge < -0.3 is 10.6 Å². The largest absolute Gasteiger partial charge is 0.356 e. The average Bonchev–Trinajstić information content (AvgIpc) is 3.09. The normalized spacial score (nSPS) is 20.9. The molecule has 1 aliphatic rings. The van der Waals surface area contributed by atoms with Crippen molar-refractivity contribution in [1.29, 1.82) is 0 Å². The first kappa shape index (κ1) is 19.2. The quantitative estimate of drug-likeness (QED) is 0.397. The summed E-state index contributed by atoms with van der Waals surface area (Å²) in [7, 11) is 1.77. The summed E-state index contributed by atoms with van der Waals surface area (Å²) in [5.41, 5.74) is 0.799. The van der Waals surface area contributed by atoms with Crippen molar-refractivity contribution >= 4 is 41.3 Å². The molecule has 1 fully saturated rings. The van der Waals surface area contributed by atoms with Crippen LogP contribution >= 0.6 is 35.3 Å². The number of guanidine groups is 1. The van der Waals surface area contributed by atoms with Crippen molar-refractivity contribution in [1.82, 2.24) is 10.6 Å². The predicted octanol–water partition coefficient (Wildman–Crippen LogP) is 4.33. The summed E-state index contributed by atoms with van der Waals surface area (Å²) in [6.45, 7) is 3.03. The van der Waals surface area contributed by atoms with Gasteiger partial charge in [-0.3, -0.25) is 4.99 Å². The van der Waals surface area contributed by atoms with Gasteiger partial charge in [-0.2, -0.15) is 0 Å². The molecular formula is C18H23FIN3S. The molecular weight excluding hydrogens is 436 g/mol. The molecule has 1 aromatic heterocycles. The van der Waals surface area contributed by atoms with Crippen LogP contribution in [-0.4, -0.2) is 25.6 Å². The van der Waals surface area contributed by atoms with Gasteiger partial charge in [0, 0.05) is 36.3 Å². The number of hydrogen-bond donors (Lipinski definition) is 2. The Kier molecular flexibility index (Phi) is 7.03. The monoisotopic (exact) mass is 459 g/mol. The van der Waals surface area contributed by atoms with E-state index in [1.807, 2.05) is 12.1 Å². The maximum atomic E-state index is 13.8. The van der Waals surface area contributed by atoms with Crippen molar-refractivity contribution in [3.05, 3.63) is 58.0 Å². The van der Waals surface area contributed by atoms with Gasteiger partial charge in [0.2, 0.25) is 0 Å². The number of nitrogens with one attached hydrogen (secondary N) is 2. The molecule has 1 aliphatic carbocycles. The minimum Gasteiger partial charge on any atom is -0.356 e. The second-order valence-electron chi connectivity index (χ2n) is 5.98. The van der Waals surface area contributed by atoms with E-state index in [1.54, 1.807) is 24.5 Å². The van der Waals surface area contributed by atoms with E-state index >= 15 is 0 Å². The number of benzene rings is 1. The first-order valence-electron chi connectivity index (χ1n) is 7.94. The fourth-order valence-corrected chi connectivity index (χ4v) is 3.55. The van der Waals surface area contributed by atoms with Gasteiger partial charge in [-0.15, -0.1) is 35.3 Å². The maximum Gasteiger partial charge on any atom is 0.191 e. The summed E-state index contributed by atoms with van der Waals surface area (Å²) in [4.78, 5) is 5.64. The zero-order chi connectivity index (χ0) is 16.2. The highest BCUT2D eigenvalue weighted by Crippen LogP contribution is 2.41. The highest BCUT2D eigenvalue weighted by molar-refractivity contribution is 14.0. The minimum atomic E-state index is -0.115. The lowest BCUT2D eigenvalue weighted by molar-refractivity contribution is 0.607. The summed E-state index contributed by atoms with van der Waals surface area (Å²) in [5.74, 6) is 1.35. The molecule has 130 valence electrons. The number of aliphatic imine (C=N–C) groups is 1. The fraction of sp³-hybridized carbons (Fsp3) is 0.389. The smallest absolute Gasteiger partial charge is 0.191 e. The predicted molar refractivity (Wildman–Crippen MR) is 110 cm³/mol. The van der Waals surface area contributed by atoms with Crippen LogP contribution in [0.5, 0.6) is 0 Å². The van der Waals surface area contributed by atoms with Crippen LogP contribution in [0.3, 0.4) is 0 Å². The Morgan fingerprint density at radius 3 is 2.79 bits per heavy atom. The van der Waals surface area contributed by atoms with Crippen LogP contribution < -0.4 is 10.6 Å². The Balaban J connectivity index is 0.00000208. The van der Waals surface area contributed by atoms with Crippen LogP contribution in [0.4, 0.5) is 4.39 Å². The Bertz CT molecular complexity index is 675. The minimum absolute atomic E-state index is 0. The Morgan fingerprint density at radius 1 is 1.33 bits per heavy atom. The molecule has 3 unspecified atom stereocenters. The van der Waals surface area contributed by atoms with E-state index in [0.717, 1.165) is 24.5 Å². The lowest BCUT2D eigenvalue weighted by Gasteiger charge is -2.15. The van der Waals surface area contributed by atoms with Crippen LogP contribution in [0.2, 0.25) is 0 Å². The zero-order valence-corrected chi connectivity index (χ0v) is 17.0. The number of thiophene rings is 1. The van der Waals surface area contributed by atoms with E-state index in [2.05, 4.69) is 40.1 Å². The SMILES string of the molecule is CN=C(NCC(C)c1cccs1)NC1CC1c1ccccc1F.I. The molecule has 0 aliphatic heterocycles. The molecule has 2 aromatic rings. The molecule has 1 aromatic carbocycles. The second kappa shape index (κ2) is 8.80. The summed E-state index contributed by atoms with van der Waals surface area (Å²) in [5, 5.41) is 8.86. The Labute approximate surface area is 163 Å². The highest BCUT2D eigenvalue weighted by Gasteiger charge is 2.40. The number of nitrogens with zero attached hydrogens (tertiary/aromatic N) is 1. The first-order valence-corrected chi connectivity index (χ1v) is 8.82. The Morgan fingerprint density at radius 2 is 2.12 bits per heavy atom. The van der Waals surface area contributed by atoms with Crippen LogP contribution in [0.25, 0.3) is 0 Å². The zero-order valence-electron chi connectivity index (χ0n) is 13.8. The van der Waals surface area contributed by atoms with Gasteiger partial charge in [-0.25, -0.2) is 4.39 Å².